The van der Waals surface area contributed by atoms with Crippen LogP contribution in [0.4, 0.5) is 5.69 Å². The minimum absolute atomic E-state index is 0.610. The Morgan fingerprint density at radius 3 is 2.94 bits per heavy atom. The fourth-order valence-electron chi connectivity index (χ4n) is 2.76. The van der Waals surface area contributed by atoms with Crippen LogP contribution >= 0.6 is 0 Å². The lowest BCUT2D eigenvalue weighted by molar-refractivity contribution is 0.410. The van der Waals surface area contributed by atoms with Gasteiger partial charge in [-0.05, 0) is 45.5 Å². The summed E-state index contributed by atoms with van der Waals surface area (Å²) in [6, 6.07) is 6.97. The molecule has 3 heteroatoms. The molecule has 0 saturated heterocycles. The fraction of sp³-hybridized carbons (Fsp3) is 0.571. The second-order valence-electron chi connectivity index (χ2n) is 4.49. The van der Waals surface area contributed by atoms with Crippen molar-refractivity contribution < 1.29 is 4.74 Å². The van der Waals surface area contributed by atoms with Gasteiger partial charge in [-0.2, -0.15) is 0 Å². The van der Waals surface area contributed by atoms with Crippen LogP contribution in [0, 0.1) is 0 Å². The average Bonchev–Trinajstić information content (AvgIpc) is 2.73. The second kappa shape index (κ2) is 5.41. The van der Waals surface area contributed by atoms with Crippen LogP contribution in [0.1, 0.15) is 18.9 Å². The monoisotopic (exact) mass is 234 g/mol. The molecule has 1 aromatic carbocycles. The summed E-state index contributed by atoms with van der Waals surface area (Å²) in [6.45, 7) is 4.35. The number of ether oxygens (including phenoxy) is 1. The number of anilines is 1. The van der Waals surface area contributed by atoms with Crippen LogP contribution in [0.25, 0.3) is 0 Å². The molecule has 94 valence electrons. The summed E-state index contributed by atoms with van der Waals surface area (Å²) < 4.78 is 5.46. The molecule has 0 aromatic heterocycles. The van der Waals surface area contributed by atoms with Gasteiger partial charge >= 0.3 is 0 Å². The number of hydrogen-bond acceptors (Lipinski definition) is 3. The molecule has 0 bridgehead atoms. The third-order valence-electron chi connectivity index (χ3n) is 3.59. The van der Waals surface area contributed by atoms with Gasteiger partial charge in [0.15, 0.2) is 0 Å². The lowest BCUT2D eigenvalue weighted by Crippen LogP contribution is -2.33. The minimum atomic E-state index is 0.610. The summed E-state index contributed by atoms with van der Waals surface area (Å²) in [5.74, 6) is 1.04. The lowest BCUT2D eigenvalue weighted by atomic mass is 10.1. The normalized spacial score (nSPS) is 18.3. The Bertz CT molecular complexity index is 378. The molecule has 1 atom stereocenters. The Balaban J connectivity index is 2.24. The number of nitrogens with one attached hydrogen (secondary N) is 1. The van der Waals surface area contributed by atoms with E-state index in [9.17, 15) is 0 Å². The van der Waals surface area contributed by atoms with E-state index in [2.05, 4.69) is 35.3 Å². The zero-order chi connectivity index (χ0) is 12.3. The largest absolute Gasteiger partial charge is 0.496 e. The summed E-state index contributed by atoms with van der Waals surface area (Å²) in [7, 11) is 3.77. The van der Waals surface area contributed by atoms with Crippen molar-refractivity contribution in [1.82, 2.24) is 5.32 Å². The number of hydrogen-bond donors (Lipinski definition) is 1. The van der Waals surface area contributed by atoms with Gasteiger partial charge in [0, 0.05) is 23.8 Å². The lowest BCUT2D eigenvalue weighted by Gasteiger charge is -2.26. The first-order chi connectivity index (χ1) is 8.31. The smallest absolute Gasteiger partial charge is 0.124 e. The Hall–Kier alpha value is -1.22. The number of nitrogens with zero attached hydrogens (tertiary/aromatic N) is 1. The Kier molecular flexibility index (Phi) is 3.89. The number of methoxy groups -OCH3 is 1. The van der Waals surface area contributed by atoms with Gasteiger partial charge in [-0.1, -0.05) is 6.07 Å². The van der Waals surface area contributed by atoms with E-state index < -0.39 is 0 Å². The van der Waals surface area contributed by atoms with Gasteiger partial charge in [0.1, 0.15) is 5.75 Å². The van der Waals surface area contributed by atoms with Crippen molar-refractivity contribution in [2.24, 2.45) is 0 Å². The van der Waals surface area contributed by atoms with Gasteiger partial charge in [-0.15, -0.1) is 0 Å². The predicted molar refractivity (Wildman–Crippen MR) is 72.0 cm³/mol. The molecule has 0 fully saturated rings. The molecule has 2 rings (SSSR count). The molecule has 0 spiro atoms. The Labute approximate surface area is 104 Å². The van der Waals surface area contributed by atoms with Crippen LogP contribution < -0.4 is 15.0 Å². The first-order valence-corrected chi connectivity index (χ1v) is 6.39. The molecule has 1 aromatic rings. The highest BCUT2D eigenvalue weighted by molar-refractivity contribution is 5.64. The second-order valence-corrected chi connectivity index (χ2v) is 4.49. The molecule has 1 aliphatic rings. The summed E-state index contributed by atoms with van der Waals surface area (Å²) in [6.07, 6.45) is 2.29. The van der Waals surface area contributed by atoms with Crippen LogP contribution in [-0.4, -0.2) is 33.3 Å². The van der Waals surface area contributed by atoms with Gasteiger partial charge in [0.25, 0.3) is 0 Å². The van der Waals surface area contributed by atoms with Crippen molar-refractivity contribution in [3.63, 3.8) is 0 Å². The third-order valence-corrected chi connectivity index (χ3v) is 3.59. The topological polar surface area (TPSA) is 24.5 Å². The molecule has 0 radical (unpaired) electrons. The van der Waals surface area contributed by atoms with Crippen molar-refractivity contribution in [2.45, 2.75) is 25.8 Å². The standard InChI is InChI=1S/C14H22N2O/c1-4-16-11(8-9-15-2)10-12-13(16)6-5-7-14(12)17-3/h5-7,11,15H,4,8-10H2,1-3H3. The number of likely N-dealkylation sites (N-methyl/N-ethyl adjacent to an activating group) is 1. The van der Waals surface area contributed by atoms with Crippen molar-refractivity contribution >= 4 is 5.69 Å². The molecule has 1 N–H and O–H groups in total. The maximum Gasteiger partial charge on any atom is 0.124 e. The van der Waals surface area contributed by atoms with Crippen LogP contribution in [0.3, 0.4) is 0 Å². The molecule has 3 nitrogen and oxygen atoms in total. The van der Waals surface area contributed by atoms with Gasteiger partial charge < -0.3 is 15.0 Å². The van der Waals surface area contributed by atoms with E-state index >= 15 is 0 Å². The quantitative estimate of drug-likeness (QED) is 0.844. The van der Waals surface area contributed by atoms with E-state index in [0.29, 0.717) is 6.04 Å². The highest BCUT2D eigenvalue weighted by Gasteiger charge is 2.29. The zero-order valence-electron chi connectivity index (χ0n) is 11.0. The third kappa shape index (κ3) is 2.25. The zero-order valence-corrected chi connectivity index (χ0v) is 11.0. The van der Waals surface area contributed by atoms with Gasteiger partial charge in [-0.25, -0.2) is 0 Å². The van der Waals surface area contributed by atoms with Gasteiger partial charge in [0.05, 0.1) is 7.11 Å². The maximum absolute atomic E-state index is 5.46. The highest BCUT2D eigenvalue weighted by Crippen LogP contribution is 2.38. The predicted octanol–water partition coefficient (Wildman–Crippen LogP) is 2.06. The Morgan fingerprint density at radius 2 is 2.29 bits per heavy atom. The number of rotatable bonds is 5. The van der Waals surface area contributed by atoms with Crippen molar-refractivity contribution in [3.8, 4) is 5.75 Å². The molecule has 0 aliphatic carbocycles. The number of fused-ring (bicyclic) bond motifs is 1. The van der Waals surface area contributed by atoms with E-state index in [1.54, 1.807) is 7.11 Å². The molecule has 17 heavy (non-hydrogen) atoms. The first kappa shape index (κ1) is 12.2. The minimum Gasteiger partial charge on any atom is -0.496 e. The molecule has 0 saturated carbocycles. The van der Waals surface area contributed by atoms with E-state index in [0.717, 1.165) is 25.3 Å². The van der Waals surface area contributed by atoms with E-state index in [1.807, 2.05) is 7.05 Å². The van der Waals surface area contributed by atoms with Crippen LogP contribution in [0.2, 0.25) is 0 Å². The fourth-order valence-corrected chi connectivity index (χ4v) is 2.76. The highest BCUT2D eigenvalue weighted by atomic mass is 16.5. The van der Waals surface area contributed by atoms with Gasteiger partial charge in [-0.3, -0.25) is 0 Å². The first-order valence-electron chi connectivity index (χ1n) is 6.39. The molecular formula is C14H22N2O. The SMILES string of the molecule is CCN1c2cccc(OC)c2CC1CCNC. The average molecular weight is 234 g/mol. The van der Waals surface area contributed by atoms with E-state index in [4.69, 9.17) is 4.74 Å². The van der Waals surface area contributed by atoms with Crippen LogP contribution in [0.15, 0.2) is 18.2 Å². The summed E-state index contributed by atoms with van der Waals surface area (Å²) in [5, 5.41) is 3.24. The summed E-state index contributed by atoms with van der Waals surface area (Å²) >= 11 is 0. The van der Waals surface area contributed by atoms with E-state index in [-0.39, 0.29) is 0 Å². The Morgan fingerprint density at radius 1 is 1.47 bits per heavy atom. The molecular weight excluding hydrogens is 212 g/mol. The van der Waals surface area contributed by atoms with Crippen LogP contribution in [-0.2, 0) is 6.42 Å². The maximum atomic E-state index is 5.46. The molecule has 0 amide bonds. The summed E-state index contributed by atoms with van der Waals surface area (Å²) in [5.41, 5.74) is 2.73. The molecule has 1 heterocycles. The summed E-state index contributed by atoms with van der Waals surface area (Å²) in [4.78, 5) is 2.50. The molecule has 1 unspecified atom stereocenters. The van der Waals surface area contributed by atoms with Gasteiger partial charge in [0.2, 0.25) is 0 Å². The van der Waals surface area contributed by atoms with E-state index in [1.165, 1.54) is 17.7 Å². The number of benzene rings is 1. The molecule has 1 aliphatic heterocycles. The van der Waals surface area contributed by atoms with Crippen molar-refractivity contribution in [3.05, 3.63) is 23.8 Å². The van der Waals surface area contributed by atoms with Crippen molar-refractivity contribution in [1.29, 1.82) is 0 Å². The van der Waals surface area contributed by atoms with Crippen LogP contribution in [0.5, 0.6) is 5.75 Å². The van der Waals surface area contributed by atoms with Crippen molar-refractivity contribution in [2.75, 3.05) is 32.1 Å².